The summed E-state index contributed by atoms with van der Waals surface area (Å²) in [6.45, 7) is 6.09. The molecule has 0 aliphatic carbocycles. The van der Waals surface area contributed by atoms with Crippen molar-refractivity contribution >= 4 is 17.5 Å². The van der Waals surface area contributed by atoms with Crippen molar-refractivity contribution in [2.75, 3.05) is 38.8 Å². The number of carbonyl (C=O) groups is 1. The first-order valence-corrected chi connectivity index (χ1v) is 10.4. The van der Waals surface area contributed by atoms with Crippen LogP contribution in [0.15, 0.2) is 6.07 Å². The second-order valence-electron chi connectivity index (χ2n) is 7.98. The second-order valence-corrected chi connectivity index (χ2v) is 7.98. The number of nitrogens with one attached hydrogen (secondary N) is 1. The number of hydrogen-bond donors (Lipinski definition) is 1. The van der Waals surface area contributed by atoms with E-state index in [0.29, 0.717) is 24.5 Å². The monoisotopic (exact) mass is 416 g/mol. The molecule has 4 rings (SSSR count). The number of ether oxygens (including phenoxy) is 1. The van der Waals surface area contributed by atoms with Gasteiger partial charge in [0.2, 0.25) is 0 Å². The van der Waals surface area contributed by atoms with E-state index in [0.717, 1.165) is 55.2 Å². The van der Waals surface area contributed by atoms with Crippen LogP contribution in [0.5, 0.6) is 0 Å². The van der Waals surface area contributed by atoms with Crippen LogP contribution in [-0.2, 0) is 17.7 Å². The quantitative estimate of drug-likeness (QED) is 0.833. The van der Waals surface area contributed by atoms with Gasteiger partial charge >= 0.3 is 6.03 Å². The number of rotatable bonds is 3. The molecule has 2 aliphatic rings. The molecule has 1 N–H and O–H groups in total. The van der Waals surface area contributed by atoms with Crippen LogP contribution in [-0.4, -0.2) is 59.5 Å². The molecular formula is C21H29FN6O2. The first-order valence-electron chi connectivity index (χ1n) is 10.4. The Bertz CT molecular complexity index is 953. The van der Waals surface area contributed by atoms with Gasteiger partial charge in [0.15, 0.2) is 5.82 Å². The van der Waals surface area contributed by atoms with Gasteiger partial charge in [0.25, 0.3) is 0 Å². The number of carbonyl (C=O) groups excluding carboxylic acids is 1. The maximum absolute atomic E-state index is 14.3. The van der Waals surface area contributed by atoms with Crippen molar-refractivity contribution in [2.45, 2.75) is 45.7 Å². The third kappa shape index (κ3) is 3.62. The summed E-state index contributed by atoms with van der Waals surface area (Å²) in [6.07, 6.45) is 2.56. The molecule has 162 valence electrons. The highest BCUT2D eigenvalue weighted by atomic mass is 19.1. The molecule has 0 spiro atoms. The maximum atomic E-state index is 14.3. The lowest BCUT2D eigenvalue weighted by Crippen LogP contribution is -2.41. The van der Waals surface area contributed by atoms with Crippen LogP contribution < -0.4 is 10.2 Å². The average Bonchev–Trinajstić information content (AvgIpc) is 3.14. The number of urea groups is 1. The molecule has 0 bridgehead atoms. The van der Waals surface area contributed by atoms with Crippen molar-refractivity contribution in [3.05, 3.63) is 34.5 Å². The van der Waals surface area contributed by atoms with Gasteiger partial charge in [0.1, 0.15) is 5.82 Å². The summed E-state index contributed by atoms with van der Waals surface area (Å²) in [4.78, 5) is 20.3. The molecule has 0 aromatic carbocycles. The molecule has 2 aliphatic heterocycles. The van der Waals surface area contributed by atoms with E-state index in [1.54, 1.807) is 18.9 Å². The van der Waals surface area contributed by atoms with Crippen molar-refractivity contribution in [2.24, 2.45) is 0 Å². The van der Waals surface area contributed by atoms with Gasteiger partial charge in [-0.05, 0) is 26.7 Å². The number of anilines is 2. The molecule has 0 saturated carbocycles. The molecule has 0 unspecified atom stereocenters. The molecule has 0 radical (unpaired) electrons. The van der Waals surface area contributed by atoms with E-state index in [1.165, 1.54) is 6.07 Å². The molecule has 9 heteroatoms. The van der Waals surface area contributed by atoms with Gasteiger partial charge in [0, 0.05) is 57.6 Å². The molecule has 2 amide bonds. The first kappa shape index (κ1) is 20.6. The summed E-state index contributed by atoms with van der Waals surface area (Å²) >= 11 is 0. The maximum Gasteiger partial charge on any atom is 0.317 e. The molecule has 1 saturated heterocycles. The van der Waals surface area contributed by atoms with Gasteiger partial charge in [-0.15, -0.1) is 0 Å². The van der Waals surface area contributed by atoms with E-state index >= 15 is 0 Å². The average molecular weight is 417 g/mol. The third-order valence-corrected chi connectivity index (χ3v) is 6.10. The predicted molar refractivity (Wildman–Crippen MR) is 112 cm³/mol. The SMILES string of the molecule is CNC(=O)N1CCc2c(c(N(C)c3cc(F)c(C)nc3C)nn2C2CCOCC2)C1. The Hall–Kier alpha value is -2.68. The Morgan fingerprint density at radius 3 is 2.73 bits per heavy atom. The zero-order valence-electron chi connectivity index (χ0n) is 18.0. The number of fused-ring (bicyclic) bond motifs is 1. The van der Waals surface area contributed by atoms with Crippen molar-refractivity contribution in [1.82, 2.24) is 25.0 Å². The van der Waals surface area contributed by atoms with E-state index < -0.39 is 0 Å². The fourth-order valence-electron chi connectivity index (χ4n) is 4.41. The summed E-state index contributed by atoms with van der Waals surface area (Å²) in [6, 6.07) is 1.68. The molecule has 4 heterocycles. The Morgan fingerprint density at radius 2 is 2.03 bits per heavy atom. The summed E-state index contributed by atoms with van der Waals surface area (Å²) in [7, 11) is 3.52. The summed E-state index contributed by atoms with van der Waals surface area (Å²) in [5.74, 6) is 0.408. The topological polar surface area (TPSA) is 75.5 Å². The number of halogens is 1. The van der Waals surface area contributed by atoms with E-state index in [1.807, 2.05) is 18.9 Å². The van der Waals surface area contributed by atoms with Gasteiger partial charge < -0.3 is 19.9 Å². The molecule has 2 aromatic heterocycles. The Balaban J connectivity index is 1.78. The van der Waals surface area contributed by atoms with E-state index in [4.69, 9.17) is 9.84 Å². The molecule has 0 atom stereocenters. The van der Waals surface area contributed by atoms with Crippen LogP contribution in [0.3, 0.4) is 0 Å². The Kier molecular flexibility index (Phi) is 5.64. The van der Waals surface area contributed by atoms with Crippen LogP contribution >= 0.6 is 0 Å². The zero-order valence-corrected chi connectivity index (χ0v) is 18.0. The minimum Gasteiger partial charge on any atom is -0.381 e. The molecule has 2 aromatic rings. The van der Waals surface area contributed by atoms with E-state index in [-0.39, 0.29) is 17.9 Å². The Morgan fingerprint density at radius 1 is 1.30 bits per heavy atom. The van der Waals surface area contributed by atoms with Crippen LogP contribution in [0, 0.1) is 19.7 Å². The fourth-order valence-corrected chi connectivity index (χ4v) is 4.41. The van der Waals surface area contributed by atoms with Gasteiger partial charge in [-0.2, -0.15) is 5.10 Å². The normalized spacial score (nSPS) is 17.0. The standard InChI is InChI=1S/C21H29FN6O2/c1-13-17(22)11-19(14(2)24-13)26(4)20-16-12-27(21(29)23-3)8-5-18(16)28(25-20)15-6-9-30-10-7-15/h11,15H,5-10,12H2,1-4H3,(H,23,29). The Labute approximate surface area is 176 Å². The van der Waals surface area contributed by atoms with Gasteiger partial charge in [-0.3, -0.25) is 9.67 Å². The highest BCUT2D eigenvalue weighted by Crippen LogP contribution is 2.36. The lowest BCUT2D eigenvalue weighted by Gasteiger charge is -2.30. The second kappa shape index (κ2) is 8.22. The zero-order chi connectivity index (χ0) is 21.4. The van der Waals surface area contributed by atoms with E-state index in [2.05, 4.69) is 15.0 Å². The number of amides is 2. The van der Waals surface area contributed by atoms with E-state index in [9.17, 15) is 9.18 Å². The highest BCUT2D eigenvalue weighted by molar-refractivity contribution is 5.75. The van der Waals surface area contributed by atoms with Crippen LogP contribution in [0.2, 0.25) is 0 Å². The van der Waals surface area contributed by atoms with Crippen molar-refractivity contribution in [1.29, 1.82) is 0 Å². The molecule has 1 fully saturated rings. The van der Waals surface area contributed by atoms with Gasteiger partial charge in [0.05, 0.1) is 29.7 Å². The fraction of sp³-hybridized carbons (Fsp3) is 0.571. The number of nitrogens with zero attached hydrogens (tertiary/aromatic N) is 5. The van der Waals surface area contributed by atoms with Crippen molar-refractivity contribution < 1.29 is 13.9 Å². The predicted octanol–water partition coefficient (Wildman–Crippen LogP) is 2.85. The number of aryl methyl sites for hydroxylation is 2. The highest BCUT2D eigenvalue weighted by Gasteiger charge is 2.32. The van der Waals surface area contributed by atoms with Crippen LogP contribution in [0.25, 0.3) is 0 Å². The lowest BCUT2D eigenvalue weighted by atomic mass is 10.0. The number of pyridine rings is 1. The van der Waals surface area contributed by atoms with Gasteiger partial charge in [-0.1, -0.05) is 0 Å². The molecular weight excluding hydrogens is 387 g/mol. The smallest absolute Gasteiger partial charge is 0.317 e. The van der Waals surface area contributed by atoms with Gasteiger partial charge in [-0.25, -0.2) is 9.18 Å². The number of hydrogen-bond acceptors (Lipinski definition) is 5. The minimum absolute atomic E-state index is 0.104. The first-order chi connectivity index (χ1) is 14.4. The lowest BCUT2D eigenvalue weighted by molar-refractivity contribution is 0.0651. The van der Waals surface area contributed by atoms with Crippen molar-refractivity contribution in [3.8, 4) is 0 Å². The summed E-state index contributed by atoms with van der Waals surface area (Å²) in [5, 5.41) is 7.69. The van der Waals surface area contributed by atoms with Crippen molar-refractivity contribution in [3.63, 3.8) is 0 Å². The molecule has 8 nitrogen and oxygen atoms in total. The number of aromatic nitrogens is 3. The van der Waals surface area contributed by atoms with Crippen LogP contribution in [0.1, 0.15) is 41.5 Å². The third-order valence-electron chi connectivity index (χ3n) is 6.10. The summed E-state index contributed by atoms with van der Waals surface area (Å²) < 4.78 is 21.9. The summed E-state index contributed by atoms with van der Waals surface area (Å²) in [5.41, 5.74) is 3.96. The van der Waals surface area contributed by atoms with Crippen LogP contribution in [0.4, 0.5) is 20.7 Å². The minimum atomic E-state index is -0.341. The largest absolute Gasteiger partial charge is 0.381 e. The molecule has 30 heavy (non-hydrogen) atoms.